The maximum Gasteiger partial charge on any atom is 0.416 e. The Bertz CT molecular complexity index is 1230. The van der Waals surface area contributed by atoms with Gasteiger partial charge in [0, 0.05) is 18.7 Å². The van der Waals surface area contributed by atoms with Crippen molar-refractivity contribution in [3.05, 3.63) is 99.8 Å². The van der Waals surface area contributed by atoms with Gasteiger partial charge >= 0.3 is 12.2 Å². The number of rotatable bonds is 6. The van der Waals surface area contributed by atoms with Gasteiger partial charge in [-0.25, -0.2) is 13.6 Å². The summed E-state index contributed by atoms with van der Waals surface area (Å²) in [4.78, 5) is 17.4. The number of pyridine rings is 1. The Hall–Kier alpha value is -3.20. The maximum absolute atomic E-state index is 14.8. The Morgan fingerprint density at radius 3 is 2.33 bits per heavy atom. The van der Waals surface area contributed by atoms with Crippen molar-refractivity contribution in [2.75, 3.05) is 0 Å². The zero-order chi connectivity index (χ0) is 25.9. The highest BCUT2D eigenvalue weighted by Crippen LogP contribution is 2.38. The molecule has 2 N–H and O–H groups in total. The van der Waals surface area contributed by atoms with Crippen LogP contribution in [0.25, 0.3) is 0 Å². The van der Waals surface area contributed by atoms with Crippen molar-refractivity contribution in [3.63, 3.8) is 0 Å². The van der Waals surface area contributed by atoms with Crippen molar-refractivity contribution in [1.29, 1.82) is 0 Å². The Balaban J connectivity index is 1.91. The summed E-state index contributed by atoms with van der Waals surface area (Å²) in [7, 11) is 0. The lowest BCUT2D eigenvalue weighted by Crippen LogP contribution is -2.54. The number of carbonyl (C=O) groups is 1. The molecule has 190 valence electrons. The lowest BCUT2D eigenvalue weighted by Gasteiger charge is -2.36. The summed E-state index contributed by atoms with van der Waals surface area (Å²) in [5.74, 6) is -1.80. The fourth-order valence-electron chi connectivity index (χ4n) is 4.56. The fourth-order valence-corrected chi connectivity index (χ4v) is 4.67. The third-order valence-electron chi connectivity index (χ3n) is 6.31. The average Bonchev–Trinajstić information content (AvgIpc) is 3.32. The van der Waals surface area contributed by atoms with Crippen LogP contribution >= 0.6 is 11.6 Å². The van der Waals surface area contributed by atoms with Crippen LogP contribution in [0.3, 0.4) is 0 Å². The van der Waals surface area contributed by atoms with E-state index in [1.165, 1.54) is 36.5 Å². The molecule has 0 bridgehead atoms. The molecule has 1 aliphatic rings. The zero-order valence-corrected chi connectivity index (χ0v) is 19.8. The first-order valence-electron chi connectivity index (χ1n) is 11.4. The van der Waals surface area contributed by atoms with E-state index >= 15 is 0 Å². The number of hydrogen-bond donors (Lipinski definition) is 2. The normalized spacial score (nSPS) is 15.9. The van der Waals surface area contributed by atoms with Gasteiger partial charge in [-0.2, -0.15) is 13.2 Å². The molecule has 2 aromatic carbocycles. The number of nitrogens with zero attached hydrogens (tertiary/aromatic N) is 1. The number of carbonyl (C=O) groups excluding carboxylic acids is 1. The SMILES string of the molecule is O=C(NC1CCCC1)N[C@](Cc1ccccc1F)(c1cc(F)cc(C(F)(F)F)c1)c1ccc(Cl)cn1. The van der Waals surface area contributed by atoms with Crippen molar-refractivity contribution >= 4 is 17.6 Å². The topological polar surface area (TPSA) is 54.0 Å². The van der Waals surface area contributed by atoms with Crippen LogP contribution in [-0.4, -0.2) is 17.1 Å². The van der Waals surface area contributed by atoms with Gasteiger partial charge in [0.15, 0.2) is 0 Å². The number of aromatic nitrogens is 1. The van der Waals surface area contributed by atoms with Gasteiger partial charge in [0.25, 0.3) is 0 Å². The maximum atomic E-state index is 14.8. The molecule has 1 aliphatic carbocycles. The van der Waals surface area contributed by atoms with E-state index in [0.717, 1.165) is 37.8 Å². The molecule has 1 heterocycles. The summed E-state index contributed by atoms with van der Waals surface area (Å²) >= 11 is 5.99. The predicted octanol–water partition coefficient (Wildman–Crippen LogP) is 6.76. The molecular weight excluding hydrogens is 501 g/mol. The van der Waals surface area contributed by atoms with E-state index in [-0.39, 0.29) is 34.3 Å². The minimum Gasteiger partial charge on any atom is -0.335 e. The number of amides is 2. The molecule has 2 amide bonds. The van der Waals surface area contributed by atoms with Gasteiger partial charge in [0.05, 0.1) is 16.3 Å². The highest BCUT2D eigenvalue weighted by Gasteiger charge is 2.41. The molecule has 0 unspecified atom stereocenters. The summed E-state index contributed by atoms with van der Waals surface area (Å²) in [5.41, 5.74) is -3.20. The highest BCUT2D eigenvalue weighted by atomic mass is 35.5. The van der Waals surface area contributed by atoms with Gasteiger partial charge in [-0.1, -0.05) is 42.6 Å². The van der Waals surface area contributed by atoms with Gasteiger partial charge in [-0.05, 0) is 60.4 Å². The molecule has 1 saturated carbocycles. The molecule has 0 radical (unpaired) electrons. The van der Waals surface area contributed by atoms with E-state index in [4.69, 9.17) is 11.6 Å². The number of nitrogens with one attached hydrogen (secondary N) is 2. The second-order valence-electron chi connectivity index (χ2n) is 8.84. The number of urea groups is 1. The van der Waals surface area contributed by atoms with Crippen LogP contribution in [0.2, 0.25) is 5.02 Å². The summed E-state index contributed by atoms with van der Waals surface area (Å²) in [6.07, 6.45) is -0.567. The molecule has 1 aromatic heterocycles. The van der Waals surface area contributed by atoms with Gasteiger partial charge in [-0.15, -0.1) is 0 Å². The summed E-state index contributed by atoms with van der Waals surface area (Å²) < 4.78 is 70.4. The van der Waals surface area contributed by atoms with E-state index in [0.29, 0.717) is 6.07 Å². The standard InChI is InChI=1S/C26H23ClF5N3O/c27-19-9-10-23(33-15-19)25(14-16-5-1-4-8-22(16)29,35-24(36)34-21-6-2-3-7-21)17-11-18(26(30,31)32)13-20(28)12-17/h1,4-5,8-13,15,21H,2-3,6-7,14H2,(H2,34,35,36)/t25-/m1/s1. The van der Waals surface area contributed by atoms with Crippen molar-refractivity contribution in [3.8, 4) is 0 Å². The Morgan fingerprint density at radius 2 is 1.69 bits per heavy atom. The van der Waals surface area contributed by atoms with E-state index in [1.807, 2.05) is 0 Å². The molecule has 10 heteroatoms. The average molecular weight is 524 g/mol. The quantitative estimate of drug-likeness (QED) is 0.351. The minimum absolute atomic E-state index is 0.0652. The van der Waals surface area contributed by atoms with E-state index in [2.05, 4.69) is 15.6 Å². The van der Waals surface area contributed by atoms with Crippen LogP contribution in [-0.2, 0) is 18.1 Å². The number of benzene rings is 2. The minimum atomic E-state index is -4.86. The monoisotopic (exact) mass is 523 g/mol. The predicted molar refractivity (Wildman–Crippen MR) is 125 cm³/mol. The summed E-state index contributed by atoms with van der Waals surface area (Å²) in [6.45, 7) is 0. The summed E-state index contributed by atoms with van der Waals surface area (Å²) in [6, 6.07) is 9.72. The van der Waals surface area contributed by atoms with Gasteiger partial charge < -0.3 is 10.6 Å². The van der Waals surface area contributed by atoms with Gasteiger partial charge in [-0.3, -0.25) is 4.98 Å². The van der Waals surface area contributed by atoms with Gasteiger partial charge in [0.2, 0.25) is 0 Å². The molecule has 0 saturated heterocycles. The first-order valence-corrected chi connectivity index (χ1v) is 11.8. The van der Waals surface area contributed by atoms with Crippen LogP contribution in [0, 0.1) is 11.6 Å². The largest absolute Gasteiger partial charge is 0.416 e. The van der Waals surface area contributed by atoms with Gasteiger partial charge in [0.1, 0.15) is 17.2 Å². The molecule has 1 fully saturated rings. The number of alkyl halides is 3. The Kier molecular flexibility index (Phi) is 7.49. The third-order valence-corrected chi connectivity index (χ3v) is 6.54. The number of hydrogen-bond acceptors (Lipinski definition) is 2. The third kappa shape index (κ3) is 5.78. The first kappa shape index (κ1) is 25.9. The zero-order valence-electron chi connectivity index (χ0n) is 19.0. The molecule has 3 aromatic rings. The van der Waals surface area contributed by atoms with Crippen molar-refractivity contribution in [1.82, 2.24) is 15.6 Å². The van der Waals surface area contributed by atoms with Crippen molar-refractivity contribution in [2.24, 2.45) is 0 Å². The van der Waals surface area contributed by atoms with Crippen LogP contribution < -0.4 is 10.6 Å². The molecule has 0 spiro atoms. The second-order valence-corrected chi connectivity index (χ2v) is 9.28. The van der Waals surface area contributed by atoms with Crippen LogP contribution in [0.1, 0.15) is 48.1 Å². The van der Waals surface area contributed by atoms with Crippen molar-refractivity contribution in [2.45, 2.75) is 49.9 Å². The van der Waals surface area contributed by atoms with Crippen LogP contribution in [0.15, 0.2) is 60.8 Å². The van der Waals surface area contributed by atoms with Crippen molar-refractivity contribution < 1.29 is 26.7 Å². The second kappa shape index (κ2) is 10.4. The summed E-state index contributed by atoms with van der Waals surface area (Å²) in [5, 5.41) is 5.81. The molecular formula is C26H23ClF5N3O. The molecule has 0 aliphatic heterocycles. The lowest BCUT2D eigenvalue weighted by molar-refractivity contribution is -0.137. The highest BCUT2D eigenvalue weighted by molar-refractivity contribution is 6.30. The molecule has 4 nitrogen and oxygen atoms in total. The first-order chi connectivity index (χ1) is 17.1. The number of halogens is 6. The molecule has 4 rings (SSSR count). The van der Waals surface area contributed by atoms with E-state index < -0.39 is 34.9 Å². The lowest BCUT2D eigenvalue weighted by atomic mass is 9.79. The van der Waals surface area contributed by atoms with E-state index in [1.54, 1.807) is 6.07 Å². The Morgan fingerprint density at radius 1 is 1.00 bits per heavy atom. The smallest absolute Gasteiger partial charge is 0.335 e. The Labute approximate surface area is 209 Å². The van der Waals surface area contributed by atoms with E-state index in [9.17, 15) is 26.7 Å². The van der Waals surface area contributed by atoms with Crippen LogP contribution in [0.5, 0.6) is 0 Å². The van der Waals surface area contributed by atoms with Crippen LogP contribution in [0.4, 0.5) is 26.7 Å². The fraction of sp³-hybridized carbons (Fsp3) is 0.308. The molecule has 1 atom stereocenters. The molecule has 36 heavy (non-hydrogen) atoms.